The number of hydrogen-bond acceptors (Lipinski definition) is 3. The summed E-state index contributed by atoms with van der Waals surface area (Å²) in [6.45, 7) is 0.383. The highest BCUT2D eigenvalue weighted by molar-refractivity contribution is 5.98. The molecule has 0 amide bonds. The van der Waals surface area contributed by atoms with E-state index in [0.29, 0.717) is 6.61 Å². The molecule has 1 aliphatic heterocycles. The number of ether oxygens (including phenoxy) is 2. The molecule has 0 aliphatic carbocycles. The minimum absolute atomic E-state index is 0.383. The number of hydrogen-bond donors (Lipinski definition) is 0. The van der Waals surface area contributed by atoms with E-state index in [0.717, 1.165) is 16.7 Å². The van der Waals surface area contributed by atoms with Crippen molar-refractivity contribution in [3.05, 3.63) is 77.9 Å². The van der Waals surface area contributed by atoms with E-state index in [-0.39, 0.29) is 0 Å². The number of carbonyl (C=O) groups excluding carboxylic acids is 1. The Kier molecular flexibility index (Phi) is 3.59. The average molecular weight is 280 g/mol. The summed E-state index contributed by atoms with van der Waals surface area (Å²) in [4.78, 5) is 12.5. The van der Waals surface area contributed by atoms with Crippen molar-refractivity contribution in [3.8, 4) is 0 Å². The van der Waals surface area contributed by atoms with Gasteiger partial charge >= 0.3 is 5.97 Å². The van der Waals surface area contributed by atoms with Crippen molar-refractivity contribution in [1.82, 2.24) is 0 Å². The summed E-state index contributed by atoms with van der Waals surface area (Å²) in [6.07, 6.45) is 1.94. The first-order chi connectivity index (χ1) is 10.3. The topological polar surface area (TPSA) is 35.5 Å². The monoisotopic (exact) mass is 280 g/mol. The fourth-order valence-electron chi connectivity index (χ4n) is 2.75. The van der Waals surface area contributed by atoms with Crippen molar-refractivity contribution < 1.29 is 14.3 Å². The van der Waals surface area contributed by atoms with Crippen LogP contribution < -0.4 is 0 Å². The van der Waals surface area contributed by atoms with E-state index in [2.05, 4.69) is 0 Å². The van der Waals surface area contributed by atoms with Gasteiger partial charge in [0.1, 0.15) is 0 Å². The van der Waals surface area contributed by atoms with Crippen molar-refractivity contribution in [2.24, 2.45) is 0 Å². The molecule has 2 aromatic rings. The number of benzene rings is 2. The normalized spacial score (nSPS) is 20.9. The molecule has 1 heterocycles. The van der Waals surface area contributed by atoms with Crippen LogP contribution in [0.25, 0.3) is 5.57 Å². The summed E-state index contributed by atoms with van der Waals surface area (Å²) in [5.74, 6) is -0.402. The van der Waals surface area contributed by atoms with Gasteiger partial charge in [-0.2, -0.15) is 0 Å². The minimum Gasteiger partial charge on any atom is -0.466 e. The van der Waals surface area contributed by atoms with Gasteiger partial charge in [-0.05, 0) is 11.1 Å². The summed E-state index contributed by atoms with van der Waals surface area (Å²) in [5.41, 5.74) is 1.40. The molecule has 1 aliphatic rings. The second kappa shape index (κ2) is 5.54. The van der Waals surface area contributed by atoms with Gasteiger partial charge in [-0.25, -0.2) is 4.79 Å². The number of esters is 1. The fraction of sp³-hybridized carbons (Fsp3) is 0.167. The molecule has 3 rings (SSSR count). The Balaban J connectivity index is 2.17. The maximum atomic E-state index is 12.5. The van der Waals surface area contributed by atoms with Gasteiger partial charge in [-0.15, -0.1) is 0 Å². The van der Waals surface area contributed by atoms with Crippen molar-refractivity contribution in [3.63, 3.8) is 0 Å². The van der Waals surface area contributed by atoms with Gasteiger partial charge in [0.2, 0.25) is 5.60 Å². The molecule has 0 fully saturated rings. The number of rotatable bonds is 3. The molecule has 3 nitrogen and oxygen atoms in total. The van der Waals surface area contributed by atoms with Crippen LogP contribution in [0.2, 0.25) is 0 Å². The standard InChI is InChI=1S/C18H16O3/c1-20-17(19)18(15-10-6-3-7-11-15)16(12-13-21-18)14-8-4-2-5-9-14/h2-12H,13H2,1H3. The van der Waals surface area contributed by atoms with Crippen LogP contribution in [0.3, 0.4) is 0 Å². The molecular weight excluding hydrogens is 264 g/mol. The van der Waals surface area contributed by atoms with E-state index in [1.165, 1.54) is 7.11 Å². The van der Waals surface area contributed by atoms with Crippen molar-refractivity contribution >= 4 is 11.5 Å². The average Bonchev–Trinajstić information content (AvgIpc) is 3.01. The predicted molar refractivity (Wildman–Crippen MR) is 80.5 cm³/mol. The molecule has 3 heteroatoms. The summed E-state index contributed by atoms with van der Waals surface area (Å²) in [5, 5.41) is 0. The van der Waals surface area contributed by atoms with Crippen molar-refractivity contribution in [2.45, 2.75) is 5.60 Å². The smallest absolute Gasteiger partial charge is 0.347 e. The maximum Gasteiger partial charge on any atom is 0.347 e. The SMILES string of the molecule is COC(=O)C1(c2ccccc2)OCC=C1c1ccccc1. The Bertz CT molecular complexity index is 661. The van der Waals surface area contributed by atoms with E-state index in [1.807, 2.05) is 66.7 Å². The molecule has 0 saturated heterocycles. The molecule has 1 atom stereocenters. The Morgan fingerprint density at radius 1 is 1.05 bits per heavy atom. The molecule has 0 aromatic heterocycles. The van der Waals surface area contributed by atoms with Crippen LogP contribution >= 0.6 is 0 Å². The van der Waals surface area contributed by atoms with Crippen LogP contribution in [0, 0.1) is 0 Å². The largest absolute Gasteiger partial charge is 0.466 e. The van der Waals surface area contributed by atoms with Crippen molar-refractivity contribution in [2.75, 3.05) is 13.7 Å². The van der Waals surface area contributed by atoms with E-state index in [1.54, 1.807) is 0 Å². The third kappa shape index (κ3) is 2.16. The van der Waals surface area contributed by atoms with E-state index in [4.69, 9.17) is 9.47 Å². The van der Waals surface area contributed by atoms with Gasteiger partial charge in [-0.3, -0.25) is 0 Å². The lowest BCUT2D eigenvalue weighted by molar-refractivity contribution is -0.160. The van der Waals surface area contributed by atoms with Crippen LogP contribution in [0.5, 0.6) is 0 Å². The number of carbonyl (C=O) groups is 1. The Labute approximate surface area is 123 Å². The maximum absolute atomic E-state index is 12.5. The molecule has 0 spiro atoms. The molecule has 2 aromatic carbocycles. The second-order valence-electron chi connectivity index (χ2n) is 4.83. The van der Waals surface area contributed by atoms with Gasteiger partial charge in [0, 0.05) is 5.57 Å². The zero-order valence-electron chi connectivity index (χ0n) is 11.8. The molecular formula is C18H16O3. The fourth-order valence-corrected chi connectivity index (χ4v) is 2.75. The Hall–Kier alpha value is -2.39. The van der Waals surface area contributed by atoms with Crippen LogP contribution in [0.15, 0.2) is 66.7 Å². The van der Waals surface area contributed by atoms with E-state index >= 15 is 0 Å². The molecule has 0 radical (unpaired) electrons. The van der Waals surface area contributed by atoms with E-state index in [9.17, 15) is 4.79 Å². The first-order valence-corrected chi connectivity index (χ1v) is 6.83. The second-order valence-corrected chi connectivity index (χ2v) is 4.83. The summed E-state index contributed by atoms with van der Waals surface area (Å²) in [6, 6.07) is 19.3. The van der Waals surface area contributed by atoms with Gasteiger partial charge in [0.05, 0.1) is 13.7 Å². The zero-order chi connectivity index (χ0) is 14.7. The molecule has 1 unspecified atom stereocenters. The third-order valence-corrected chi connectivity index (χ3v) is 3.70. The van der Waals surface area contributed by atoms with E-state index < -0.39 is 11.6 Å². The van der Waals surface area contributed by atoms with Gasteiger partial charge in [-0.1, -0.05) is 66.7 Å². The van der Waals surface area contributed by atoms with Crippen LogP contribution in [0.1, 0.15) is 11.1 Å². The summed E-state index contributed by atoms with van der Waals surface area (Å²) >= 11 is 0. The number of methoxy groups -OCH3 is 1. The predicted octanol–water partition coefficient (Wildman–Crippen LogP) is 3.17. The minimum atomic E-state index is -1.18. The quantitative estimate of drug-likeness (QED) is 0.810. The molecule has 0 bridgehead atoms. The van der Waals surface area contributed by atoms with Crippen molar-refractivity contribution in [1.29, 1.82) is 0 Å². The van der Waals surface area contributed by atoms with Crippen LogP contribution in [0.4, 0.5) is 0 Å². The van der Waals surface area contributed by atoms with Crippen LogP contribution in [-0.4, -0.2) is 19.7 Å². The zero-order valence-corrected chi connectivity index (χ0v) is 11.8. The highest BCUT2D eigenvalue weighted by atomic mass is 16.6. The first kappa shape index (κ1) is 13.6. The summed E-state index contributed by atoms with van der Waals surface area (Å²) in [7, 11) is 1.39. The third-order valence-electron chi connectivity index (χ3n) is 3.70. The lowest BCUT2D eigenvalue weighted by Gasteiger charge is -2.29. The van der Waals surface area contributed by atoms with Gasteiger partial charge < -0.3 is 9.47 Å². The molecule has 106 valence electrons. The molecule has 0 saturated carbocycles. The lowest BCUT2D eigenvalue weighted by Crippen LogP contribution is -2.38. The Morgan fingerprint density at radius 3 is 2.29 bits per heavy atom. The van der Waals surface area contributed by atoms with Gasteiger partial charge in [0.25, 0.3) is 0 Å². The summed E-state index contributed by atoms with van der Waals surface area (Å²) < 4.78 is 10.9. The highest BCUT2D eigenvalue weighted by Gasteiger charge is 2.49. The first-order valence-electron chi connectivity index (χ1n) is 6.83. The molecule has 21 heavy (non-hydrogen) atoms. The highest BCUT2D eigenvalue weighted by Crippen LogP contribution is 2.44. The van der Waals surface area contributed by atoms with Crippen LogP contribution in [-0.2, 0) is 19.9 Å². The van der Waals surface area contributed by atoms with Gasteiger partial charge in [0.15, 0.2) is 0 Å². The molecule has 0 N–H and O–H groups in total. The Morgan fingerprint density at radius 2 is 1.67 bits per heavy atom. The lowest BCUT2D eigenvalue weighted by atomic mass is 9.83.